The van der Waals surface area contributed by atoms with E-state index in [-0.39, 0.29) is 32.0 Å². The minimum absolute atomic E-state index is 0.0231. The van der Waals surface area contributed by atoms with Gasteiger partial charge in [0.15, 0.2) is 6.10 Å². The predicted octanol–water partition coefficient (Wildman–Crippen LogP) is 23.4. The first-order valence-electron chi connectivity index (χ1n) is 35.6. The highest BCUT2D eigenvalue weighted by Gasteiger charge is 2.27. The number of nitrogens with zero attached hydrogens (tertiary/aromatic N) is 1. The summed E-state index contributed by atoms with van der Waals surface area (Å²) in [5, 5.41) is 0. The summed E-state index contributed by atoms with van der Waals surface area (Å²) in [4.78, 5) is 35.9. The molecule has 2 unspecified atom stereocenters. The Kier molecular flexibility index (Phi) is 64.1. The van der Waals surface area contributed by atoms with Crippen LogP contribution in [0, 0.1) is 0 Å². The molecular weight excluding hydrogens is 1110 g/mol. The number of ether oxygens (including phenoxy) is 2. The maximum Gasteiger partial charge on any atom is 0.472 e. The number of phosphoric acid groups is 1. The maximum atomic E-state index is 12.9. The number of carbonyl (C=O) groups excluding carboxylic acids is 2. The van der Waals surface area contributed by atoms with Crippen molar-refractivity contribution < 1.29 is 42.1 Å². The van der Waals surface area contributed by atoms with E-state index in [0.29, 0.717) is 17.4 Å². The zero-order valence-electron chi connectivity index (χ0n) is 57.2. The van der Waals surface area contributed by atoms with Crippen LogP contribution in [0.1, 0.15) is 284 Å². The van der Waals surface area contributed by atoms with Crippen molar-refractivity contribution in [1.29, 1.82) is 0 Å². The van der Waals surface area contributed by atoms with Crippen LogP contribution in [0.4, 0.5) is 0 Å². The fourth-order valence-electron chi connectivity index (χ4n) is 9.43. The molecule has 0 fully saturated rings. The van der Waals surface area contributed by atoms with Crippen LogP contribution in [0.5, 0.6) is 0 Å². The average molecular weight is 1240 g/mol. The number of carbonyl (C=O) groups is 2. The largest absolute Gasteiger partial charge is 0.472 e. The predicted molar refractivity (Wildman–Crippen MR) is 380 cm³/mol. The van der Waals surface area contributed by atoms with Gasteiger partial charge in [0, 0.05) is 12.8 Å². The Hall–Kier alpha value is -4.11. The highest BCUT2D eigenvalue weighted by atomic mass is 31.2. The molecule has 0 saturated carbocycles. The average Bonchev–Trinajstić information content (AvgIpc) is 3.58. The normalized spacial score (nSPS) is 14.0. The smallest absolute Gasteiger partial charge is 0.462 e. The van der Waals surface area contributed by atoms with Gasteiger partial charge < -0.3 is 18.9 Å². The molecule has 1 N–H and O–H groups in total. The second kappa shape index (κ2) is 67.3. The molecule has 9 nitrogen and oxygen atoms in total. The van der Waals surface area contributed by atoms with E-state index in [2.05, 4.69) is 160 Å². The molecule has 0 bridgehead atoms. The van der Waals surface area contributed by atoms with E-state index < -0.39 is 26.5 Å². The molecule has 502 valence electrons. The van der Waals surface area contributed by atoms with E-state index >= 15 is 0 Å². The summed E-state index contributed by atoms with van der Waals surface area (Å²) in [7, 11) is 1.46. The molecule has 0 rings (SSSR count). The molecule has 0 aliphatic carbocycles. The summed E-state index contributed by atoms with van der Waals surface area (Å²) >= 11 is 0. The lowest BCUT2D eigenvalue weighted by Crippen LogP contribution is -2.37. The number of quaternary nitrogens is 1. The second-order valence-electron chi connectivity index (χ2n) is 24.5. The molecular formula is C78H133NO8P+. The Morgan fingerprint density at radius 3 is 0.977 bits per heavy atom. The van der Waals surface area contributed by atoms with Gasteiger partial charge in [0.25, 0.3) is 0 Å². The summed E-state index contributed by atoms with van der Waals surface area (Å²) in [5.74, 6) is -0.813. The van der Waals surface area contributed by atoms with Crippen molar-refractivity contribution in [3.63, 3.8) is 0 Å². The van der Waals surface area contributed by atoms with E-state index in [0.717, 1.165) is 116 Å². The topological polar surface area (TPSA) is 108 Å². The molecule has 0 amide bonds. The third-order valence-electron chi connectivity index (χ3n) is 14.9. The number of unbranched alkanes of at least 4 members (excludes halogenated alkanes) is 26. The molecule has 0 spiro atoms. The van der Waals surface area contributed by atoms with Crippen LogP contribution in [0.3, 0.4) is 0 Å². The van der Waals surface area contributed by atoms with Gasteiger partial charge >= 0.3 is 19.8 Å². The Balaban J connectivity index is 4.12. The van der Waals surface area contributed by atoms with E-state index in [9.17, 15) is 19.0 Å². The van der Waals surface area contributed by atoms with Crippen LogP contribution in [0.2, 0.25) is 0 Å². The summed E-state index contributed by atoms with van der Waals surface area (Å²) in [6.07, 6.45) is 99.5. The van der Waals surface area contributed by atoms with Gasteiger partial charge in [-0.3, -0.25) is 18.6 Å². The quantitative estimate of drug-likeness (QED) is 0.0211. The Morgan fingerprint density at radius 1 is 0.364 bits per heavy atom. The van der Waals surface area contributed by atoms with Crippen LogP contribution < -0.4 is 0 Å². The maximum absolute atomic E-state index is 12.9. The van der Waals surface area contributed by atoms with Gasteiger partial charge in [-0.1, -0.05) is 295 Å². The van der Waals surface area contributed by atoms with Crippen molar-refractivity contribution in [2.24, 2.45) is 0 Å². The summed E-state index contributed by atoms with van der Waals surface area (Å²) < 4.78 is 34.7. The van der Waals surface area contributed by atoms with Crippen LogP contribution in [0.25, 0.3) is 0 Å². The molecule has 0 aromatic carbocycles. The van der Waals surface area contributed by atoms with Crippen molar-refractivity contribution >= 4 is 19.8 Å². The SMILES string of the molecule is CC/C=C\C/C=C\C/C=C\C/C=C\C/C=C\C/C=C\C/C=C\C/C=C\C/C=C\C/C=C\C/C=C\CCCCCCCCCC(=O)OC(COC(=O)CCCCCCCCCCCCC/C=C\CCCCCCCCCC)COP(=O)(O)OCC[N+](C)(C)C. The highest BCUT2D eigenvalue weighted by molar-refractivity contribution is 7.47. The monoisotopic (exact) mass is 1240 g/mol. The van der Waals surface area contributed by atoms with Crippen molar-refractivity contribution in [1.82, 2.24) is 0 Å². The van der Waals surface area contributed by atoms with Crippen molar-refractivity contribution in [2.45, 2.75) is 290 Å². The summed E-state index contributed by atoms with van der Waals surface area (Å²) in [5.41, 5.74) is 0. The lowest BCUT2D eigenvalue weighted by Gasteiger charge is -2.24. The van der Waals surface area contributed by atoms with E-state index in [1.807, 2.05) is 21.1 Å². The number of hydrogen-bond acceptors (Lipinski definition) is 7. The van der Waals surface area contributed by atoms with Gasteiger partial charge in [-0.2, -0.15) is 0 Å². The molecule has 0 aliphatic heterocycles. The van der Waals surface area contributed by atoms with Crippen LogP contribution in [0.15, 0.2) is 146 Å². The number of hydrogen-bond donors (Lipinski definition) is 1. The van der Waals surface area contributed by atoms with Crippen LogP contribution in [-0.2, 0) is 32.7 Å². The number of phosphoric ester groups is 1. The zero-order valence-corrected chi connectivity index (χ0v) is 58.1. The Labute approximate surface area is 542 Å². The Bertz CT molecular complexity index is 2000. The minimum atomic E-state index is -4.40. The second-order valence-corrected chi connectivity index (χ2v) is 26.0. The van der Waals surface area contributed by atoms with Crippen molar-refractivity contribution in [3.8, 4) is 0 Å². The lowest BCUT2D eigenvalue weighted by molar-refractivity contribution is -0.870. The molecule has 0 saturated heterocycles. The molecule has 0 aromatic heterocycles. The van der Waals surface area contributed by atoms with Gasteiger partial charge in [0.1, 0.15) is 19.8 Å². The first kappa shape index (κ1) is 83.9. The molecule has 0 heterocycles. The highest BCUT2D eigenvalue weighted by Crippen LogP contribution is 2.43. The number of likely N-dealkylation sites (N-methyl/N-ethyl adjacent to an activating group) is 1. The van der Waals surface area contributed by atoms with Gasteiger partial charge in [-0.05, 0) is 122 Å². The van der Waals surface area contributed by atoms with Crippen LogP contribution >= 0.6 is 7.82 Å². The van der Waals surface area contributed by atoms with Crippen molar-refractivity contribution in [3.05, 3.63) is 146 Å². The standard InChI is InChI=1S/C78H132NO8P/c1-6-8-10-12-14-16-18-20-22-24-26-28-30-31-32-33-34-35-36-37-38-39-40-41-42-43-44-45-46-47-49-51-53-55-57-59-61-63-65-67-69-71-78(81)87-76(75-86-88(82,83)85-73-72-79(3,4)5)74-84-77(80)70-68-66-64-62-60-58-56-54-52-50-48-29-27-25-23-21-19-17-15-13-11-9-7-2/h8,10,14,16,20,22,25-28,31-32,34-35,37-38,40-41,43-44,46-47,51,53,76H,6-7,9,11-13,15,17-19,21,23-24,29-30,33,36,39,42,45,48-50,52,54-75H2,1-5H3/p+1/b10-8-,16-14-,22-20-,27-25-,28-26-,32-31-,35-34-,38-37-,41-40-,44-43-,47-46-,53-51-. The number of allylic oxidation sites excluding steroid dienone is 24. The lowest BCUT2D eigenvalue weighted by atomic mass is 10.0. The molecule has 0 aliphatic rings. The number of rotatable bonds is 64. The first-order valence-corrected chi connectivity index (χ1v) is 37.1. The Morgan fingerprint density at radius 2 is 0.648 bits per heavy atom. The first-order chi connectivity index (χ1) is 43.0. The van der Waals surface area contributed by atoms with E-state index in [4.69, 9.17) is 18.5 Å². The summed E-state index contributed by atoms with van der Waals surface area (Å²) in [6, 6.07) is 0. The van der Waals surface area contributed by atoms with Gasteiger partial charge in [0.05, 0.1) is 27.7 Å². The molecule has 88 heavy (non-hydrogen) atoms. The zero-order chi connectivity index (χ0) is 64.1. The van der Waals surface area contributed by atoms with E-state index in [1.165, 1.54) is 135 Å². The van der Waals surface area contributed by atoms with Crippen molar-refractivity contribution in [2.75, 3.05) is 47.5 Å². The van der Waals surface area contributed by atoms with Gasteiger partial charge in [-0.15, -0.1) is 0 Å². The van der Waals surface area contributed by atoms with E-state index in [1.54, 1.807) is 0 Å². The fraction of sp³-hybridized carbons (Fsp3) is 0.667. The third kappa shape index (κ3) is 71.0. The number of esters is 2. The van der Waals surface area contributed by atoms with Crippen LogP contribution in [-0.4, -0.2) is 74.9 Å². The molecule has 0 radical (unpaired) electrons. The fourth-order valence-corrected chi connectivity index (χ4v) is 10.2. The molecule has 10 heteroatoms. The molecule has 0 aromatic rings. The van der Waals surface area contributed by atoms with Gasteiger partial charge in [-0.25, -0.2) is 4.57 Å². The molecule has 2 atom stereocenters. The van der Waals surface area contributed by atoms with Gasteiger partial charge in [0.2, 0.25) is 0 Å². The summed E-state index contributed by atoms with van der Waals surface area (Å²) in [6.45, 7) is 4.31. The third-order valence-corrected chi connectivity index (χ3v) is 15.8. The minimum Gasteiger partial charge on any atom is -0.462 e.